The number of hydrogen-bond donors (Lipinski definition) is 1. The molecule has 21 heavy (non-hydrogen) atoms. The molecule has 1 aliphatic heterocycles. The van der Waals surface area contributed by atoms with E-state index in [2.05, 4.69) is 5.32 Å². The Morgan fingerprint density at radius 3 is 2.67 bits per heavy atom. The number of benzene rings is 1. The Kier molecular flexibility index (Phi) is 5.38. The number of amides is 1. The molecule has 1 aromatic carbocycles. The first-order chi connectivity index (χ1) is 10.1. The zero-order valence-electron chi connectivity index (χ0n) is 11.8. The molecule has 1 fully saturated rings. The van der Waals surface area contributed by atoms with Crippen LogP contribution in [0.5, 0.6) is 0 Å². The highest BCUT2D eigenvalue weighted by Gasteiger charge is 2.29. The van der Waals surface area contributed by atoms with E-state index in [4.69, 9.17) is 4.74 Å². The van der Waals surface area contributed by atoms with Crippen molar-refractivity contribution in [2.24, 2.45) is 5.92 Å². The fourth-order valence-corrected chi connectivity index (χ4v) is 3.08. The predicted molar refractivity (Wildman–Crippen MR) is 81.5 cm³/mol. The first-order valence-corrected chi connectivity index (χ1v) is 7.95. The average molecular weight is 307 g/mol. The monoisotopic (exact) mass is 307 g/mol. The third-order valence-corrected chi connectivity index (χ3v) is 4.21. The van der Waals surface area contributed by atoms with Crippen LogP contribution < -0.4 is 5.32 Å². The molecule has 0 bridgehead atoms. The highest BCUT2D eigenvalue weighted by molar-refractivity contribution is 7.99. The smallest absolute Gasteiger partial charge is 0.338 e. The second-order valence-corrected chi connectivity index (χ2v) is 5.78. The lowest BCUT2D eigenvalue weighted by molar-refractivity contribution is -0.130. The Hall–Kier alpha value is -1.82. The highest BCUT2D eigenvalue weighted by Crippen LogP contribution is 2.21. The van der Waals surface area contributed by atoms with Crippen LogP contribution >= 0.6 is 11.8 Å². The van der Waals surface area contributed by atoms with Crippen molar-refractivity contribution in [1.82, 2.24) is 0 Å². The molecule has 0 spiro atoms. The Labute approximate surface area is 127 Å². The molecule has 0 aromatic heterocycles. The van der Waals surface area contributed by atoms with Crippen LogP contribution in [-0.4, -0.2) is 35.8 Å². The van der Waals surface area contributed by atoms with Gasteiger partial charge in [-0.3, -0.25) is 9.59 Å². The fraction of sp³-hybridized carbons (Fsp3) is 0.400. The van der Waals surface area contributed by atoms with E-state index in [0.717, 1.165) is 5.75 Å². The Morgan fingerprint density at radius 1 is 1.33 bits per heavy atom. The number of esters is 1. The summed E-state index contributed by atoms with van der Waals surface area (Å²) >= 11 is 1.61. The summed E-state index contributed by atoms with van der Waals surface area (Å²) in [7, 11) is 0. The van der Waals surface area contributed by atoms with E-state index in [-0.39, 0.29) is 11.7 Å². The number of nitrogens with one attached hydrogen (secondary N) is 1. The van der Waals surface area contributed by atoms with Gasteiger partial charge in [0.1, 0.15) is 11.7 Å². The van der Waals surface area contributed by atoms with Gasteiger partial charge in [0.25, 0.3) is 0 Å². The fourth-order valence-electron chi connectivity index (χ4n) is 2.00. The molecule has 2 rings (SSSR count). The summed E-state index contributed by atoms with van der Waals surface area (Å²) in [5.41, 5.74) is 0.996. The Bertz CT molecular complexity index is 541. The molecular weight excluding hydrogens is 290 g/mol. The molecule has 1 heterocycles. The number of ketones is 1. The molecule has 1 atom stereocenters. The van der Waals surface area contributed by atoms with Crippen molar-refractivity contribution >= 4 is 35.1 Å². The molecule has 0 unspecified atom stereocenters. The van der Waals surface area contributed by atoms with Crippen molar-refractivity contribution in [2.75, 3.05) is 23.4 Å². The molecule has 112 valence electrons. The largest absolute Gasteiger partial charge is 0.462 e. The molecule has 0 saturated carbocycles. The summed E-state index contributed by atoms with van der Waals surface area (Å²) in [5.74, 6) is 0.0656. The summed E-state index contributed by atoms with van der Waals surface area (Å²) in [5, 5.41) is 2.71. The van der Waals surface area contributed by atoms with Gasteiger partial charge in [-0.2, -0.15) is 11.8 Å². The number of carbonyl (C=O) groups excluding carboxylic acids is 3. The van der Waals surface area contributed by atoms with Crippen LogP contribution in [0.1, 0.15) is 23.7 Å². The van der Waals surface area contributed by atoms with Gasteiger partial charge in [-0.05, 0) is 31.2 Å². The van der Waals surface area contributed by atoms with Crippen LogP contribution in [0.2, 0.25) is 0 Å². The molecule has 1 saturated heterocycles. The number of anilines is 1. The van der Waals surface area contributed by atoms with Crippen molar-refractivity contribution in [1.29, 1.82) is 0 Å². The van der Waals surface area contributed by atoms with E-state index in [9.17, 15) is 14.4 Å². The highest BCUT2D eigenvalue weighted by atomic mass is 32.2. The van der Waals surface area contributed by atoms with Gasteiger partial charge in [0, 0.05) is 23.6 Å². The Balaban J connectivity index is 1.98. The van der Waals surface area contributed by atoms with E-state index in [0.29, 0.717) is 30.0 Å². The van der Waals surface area contributed by atoms with E-state index < -0.39 is 11.9 Å². The molecule has 0 aliphatic carbocycles. The van der Waals surface area contributed by atoms with E-state index in [1.807, 2.05) is 0 Å². The minimum absolute atomic E-state index is 0.00519. The predicted octanol–water partition coefficient (Wildman–Crippen LogP) is 2.12. The van der Waals surface area contributed by atoms with Crippen LogP contribution in [0, 0.1) is 5.92 Å². The Morgan fingerprint density at radius 2 is 2.05 bits per heavy atom. The number of Topliss-reactive ketones (excluding diaryl/α,β-unsaturated/α-hetero) is 1. The van der Waals surface area contributed by atoms with Crippen LogP contribution in [0.3, 0.4) is 0 Å². The van der Waals surface area contributed by atoms with Gasteiger partial charge < -0.3 is 10.1 Å². The van der Waals surface area contributed by atoms with Crippen LogP contribution in [0.15, 0.2) is 24.3 Å². The normalized spacial score (nSPS) is 18.1. The molecule has 5 nitrogen and oxygen atoms in total. The maximum Gasteiger partial charge on any atom is 0.338 e. The minimum Gasteiger partial charge on any atom is -0.462 e. The molecular formula is C15H17NO4S. The summed E-state index contributed by atoms with van der Waals surface area (Å²) in [4.78, 5) is 35.3. The summed E-state index contributed by atoms with van der Waals surface area (Å²) in [6.07, 6.45) is 0.449. The maximum absolute atomic E-state index is 12.1. The van der Waals surface area contributed by atoms with Gasteiger partial charge in [0.05, 0.1) is 12.2 Å². The van der Waals surface area contributed by atoms with Gasteiger partial charge in [-0.1, -0.05) is 0 Å². The molecule has 1 aromatic rings. The van der Waals surface area contributed by atoms with Gasteiger partial charge in [0.15, 0.2) is 0 Å². The average Bonchev–Trinajstić information content (AvgIpc) is 2.48. The number of hydrogen-bond acceptors (Lipinski definition) is 5. The quantitative estimate of drug-likeness (QED) is 0.681. The SMILES string of the molecule is CCOC(=O)c1ccc(NC(=O)[C@H]2CSCCC2=O)cc1. The number of thioether (sulfide) groups is 1. The summed E-state index contributed by atoms with van der Waals surface area (Å²) in [6, 6.07) is 6.44. The summed E-state index contributed by atoms with van der Waals surface area (Å²) < 4.78 is 4.88. The van der Waals surface area contributed by atoms with E-state index in [1.165, 1.54) is 0 Å². The van der Waals surface area contributed by atoms with Crippen LogP contribution in [0.25, 0.3) is 0 Å². The minimum atomic E-state index is -0.575. The van der Waals surface area contributed by atoms with Crippen molar-refractivity contribution in [3.05, 3.63) is 29.8 Å². The van der Waals surface area contributed by atoms with Gasteiger partial charge in [-0.25, -0.2) is 4.79 Å². The van der Waals surface area contributed by atoms with Gasteiger partial charge in [0.2, 0.25) is 5.91 Å². The lowest BCUT2D eigenvalue weighted by atomic mass is 10.0. The standard InChI is InChI=1S/C15H17NO4S/c1-2-20-15(19)10-3-5-11(6-4-10)16-14(18)12-9-21-8-7-13(12)17/h3-6,12H,2,7-9H2,1H3,(H,16,18)/t12-/m0/s1. The van der Waals surface area contributed by atoms with Gasteiger partial charge in [-0.15, -0.1) is 0 Å². The topological polar surface area (TPSA) is 72.5 Å². The maximum atomic E-state index is 12.1. The second kappa shape index (κ2) is 7.26. The number of carbonyl (C=O) groups is 3. The molecule has 1 N–H and O–H groups in total. The zero-order valence-corrected chi connectivity index (χ0v) is 12.6. The van der Waals surface area contributed by atoms with E-state index in [1.54, 1.807) is 43.0 Å². The number of ether oxygens (including phenoxy) is 1. The summed E-state index contributed by atoms with van der Waals surface area (Å²) in [6.45, 7) is 2.06. The van der Waals surface area contributed by atoms with Crippen molar-refractivity contribution in [3.8, 4) is 0 Å². The molecule has 6 heteroatoms. The lowest BCUT2D eigenvalue weighted by Crippen LogP contribution is -2.34. The second-order valence-electron chi connectivity index (χ2n) is 4.63. The first-order valence-electron chi connectivity index (χ1n) is 6.80. The molecule has 0 radical (unpaired) electrons. The van der Waals surface area contributed by atoms with Crippen LogP contribution in [-0.2, 0) is 14.3 Å². The van der Waals surface area contributed by atoms with Crippen molar-refractivity contribution in [2.45, 2.75) is 13.3 Å². The molecule has 1 amide bonds. The zero-order chi connectivity index (χ0) is 15.2. The third-order valence-electron chi connectivity index (χ3n) is 3.15. The third kappa shape index (κ3) is 4.07. The van der Waals surface area contributed by atoms with Crippen molar-refractivity contribution < 1.29 is 19.1 Å². The first kappa shape index (κ1) is 15.6. The lowest BCUT2D eigenvalue weighted by Gasteiger charge is -2.19. The van der Waals surface area contributed by atoms with Crippen LogP contribution in [0.4, 0.5) is 5.69 Å². The van der Waals surface area contributed by atoms with Gasteiger partial charge >= 0.3 is 5.97 Å². The van der Waals surface area contributed by atoms with E-state index >= 15 is 0 Å². The molecule has 1 aliphatic rings. The number of rotatable bonds is 4. The van der Waals surface area contributed by atoms with Crippen molar-refractivity contribution in [3.63, 3.8) is 0 Å².